The average Bonchev–Trinajstić information content (AvgIpc) is 3.00. The van der Waals surface area contributed by atoms with E-state index in [0.717, 1.165) is 48.1 Å². The van der Waals surface area contributed by atoms with Gasteiger partial charge >= 0.3 is 0 Å². The summed E-state index contributed by atoms with van der Waals surface area (Å²) in [5, 5.41) is 2.37. The number of pyridine rings is 1. The van der Waals surface area contributed by atoms with Crippen molar-refractivity contribution in [3.8, 4) is 5.75 Å². The molecule has 0 spiro atoms. The Morgan fingerprint density at radius 3 is 2.34 bits per heavy atom. The molecule has 5 atom stereocenters. The quantitative estimate of drug-likeness (QED) is 0.205. The molecule has 0 aliphatic carbocycles. The zero-order valence-electron chi connectivity index (χ0n) is 21.6. The third kappa shape index (κ3) is 4.49. The molecule has 5 nitrogen and oxygen atoms in total. The summed E-state index contributed by atoms with van der Waals surface area (Å²) in [6.45, 7) is 6.06. The topological polar surface area (TPSA) is 51.7 Å². The number of benzene rings is 3. The summed E-state index contributed by atoms with van der Waals surface area (Å²) in [5.41, 5.74) is 1.86. The Morgan fingerprint density at radius 2 is 1.74 bits per heavy atom. The van der Waals surface area contributed by atoms with Gasteiger partial charge in [-0.1, -0.05) is 42.5 Å². The number of methoxy groups -OCH3 is 1. The van der Waals surface area contributed by atoms with E-state index < -0.39 is 13.5 Å². The van der Waals surface area contributed by atoms with E-state index in [1.165, 1.54) is 0 Å². The van der Waals surface area contributed by atoms with Gasteiger partial charge in [0, 0.05) is 34.8 Å². The van der Waals surface area contributed by atoms with Crippen molar-refractivity contribution in [3.63, 3.8) is 0 Å². The van der Waals surface area contributed by atoms with Crippen LogP contribution in [0.25, 0.3) is 10.9 Å². The van der Waals surface area contributed by atoms with Gasteiger partial charge in [-0.2, -0.15) is 0 Å². The molecule has 0 amide bonds. The monoisotopic (exact) mass is 524 g/mol. The first-order valence-electron chi connectivity index (χ1n) is 13.3. The molecule has 0 N–H and O–H groups in total. The van der Waals surface area contributed by atoms with Crippen LogP contribution in [0.4, 0.5) is 0 Å². The van der Waals surface area contributed by atoms with E-state index in [-0.39, 0.29) is 6.04 Å². The van der Waals surface area contributed by atoms with E-state index in [9.17, 15) is 0 Å². The van der Waals surface area contributed by atoms with Crippen molar-refractivity contribution in [3.05, 3.63) is 109 Å². The summed E-state index contributed by atoms with van der Waals surface area (Å²) in [4.78, 5) is 7.14. The maximum atomic E-state index is 15.1. The highest BCUT2D eigenvalue weighted by molar-refractivity contribution is 7.74. The lowest BCUT2D eigenvalue weighted by Crippen LogP contribution is -2.55. The highest BCUT2D eigenvalue weighted by atomic mass is 31.2. The average molecular weight is 525 g/mol. The largest absolute Gasteiger partial charge is 0.497 e. The van der Waals surface area contributed by atoms with E-state index in [0.29, 0.717) is 22.4 Å². The molecule has 0 saturated carbocycles. The molecule has 3 fully saturated rings. The predicted octanol–water partition coefficient (Wildman–Crippen LogP) is 6.13. The lowest BCUT2D eigenvalue weighted by Gasteiger charge is -2.51. The van der Waals surface area contributed by atoms with Crippen LogP contribution in [-0.4, -0.2) is 36.1 Å². The Labute approximate surface area is 224 Å². The SMILES string of the molecule is C=C[C@H]1CN2CC[C@H]1C[C@H]2[C@H](OP(=O)(c1ccccc1)c1ccccc1)c1ccnc2ccc(OC)cc12. The summed E-state index contributed by atoms with van der Waals surface area (Å²) in [6, 6.07) is 27.3. The molecule has 0 radical (unpaired) electrons. The van der Waals surface area contributed by atoms with Gasteiger partial charge in [0.1, 0.15) is 11.9 Å². The van der Waals surface area contributed by atoms with Crippen molar-refractivity contribution in [2.45, 2.75) is 25.0 Å². The number of rotatable bonds is 8. The molecule has 3 saturated heterocycles. The summed E-state index contributed by atoms with van der Waals surface area (Å²) in [5.74, 6) is 1.78. The number of hydrogen-bond donors (Lipinski definition) is 0. The van der Waals surface area contributed by atoms with Gasteiger partial charge in [0.15, 0.2) is 0 Å². The second kappa shape index (κ2) is 10.5. The van der Waals surface area contributed by atoms with Crippen LogP contribution in [0.2, 0.25) is 0 Å². The lowest BCUT2D eigenvalue weighted by atomic mass is 9.73. The highest BCUT2D eigenvalue weighted by Crippen LogP contribution is 2.53. The molecule has 2 bridgehead atoms. The Morgan fingerprint density at radius 1 is 1.03 bits per heavy atom. The zero-order valence-corrected chi connectivity index (χ0v) is 22.5. The maximum Gasteiger partial charge on any atom is 0.261 e. The van der Waals surface area contributed by atoms with Crippen LogP contribution in [0.15, 0.2) is 104 Å². The second-order valence-electron chi connectivity index (χ2n) is 10.3. The molecule has 4 aromatic rings. The van der Waals surface area contributed by atoms with Gasteiger partial charge in [-0.3, -0.25) is 14.4 Å². The number of piperidine rings is 3. The van der Waals surface area contributed by atoms with E-state index in [1.807, 2.05) is 91.1 Å². The normalized spacial score (nSPS) is 23.7. The highest BCUT2D eigenvalue weighted by Gasteiger charge is 2.46. The van der Waals surface area contributed by atoms with Gasteiger partial charge < -0.3 is 9.26 Å². The number of nitrogens with zero attached hydrogens (tertiary/aromatic N) is 2. The number of hydrogen-bond acceptors (Lipinski definition) is 5. The molecule has 3 aliphatic rings. The van der Waals surface area contributed by atoms with E-state index in [4.69, 9.17) is 9.26 Å². The fourth-order valence-corrected chi connectivity index (χ4v) is 8.47. The number of fused-ring (bicyclic) bond motifs is 4. The summed E-state index contributed by atoms with van der Waals surface area (Å²) in [6.07, 6.45) is 5.64. The van der Waals surface area contributed by atoms with Crippen LogP contribution < -0.4 is 15.3 Å². The van der Waals surface area contributed by atoms with Crippen LogP contribution in [0.3, 0.4) is 0 Å². The Bertz CT molecular complexity index is 1430. The minimum absolute atomic E-state index is 0.0856. The van der Waals surface area contributed by atoms with Crippen LogP contribution in [0, 0.1) is 11.8 Å². The van der Waals surface area contributed by atoms with Crippen LogP contribution in [0.1, 0.15) is 24.5 Å². The molecule has 6 heteroatoms. The minimum Gasteiger partial charge on any atom is -0.497 e. The second-order valence-corrected chi connectivity index (χ2v) is 12.6. The Kier molecular flexibility index (Phi) is 6.92. The molecule has 38 heavy (non-hydrogen) atoms. The predicted molar refractivity (Wildman–Crippen MR) is 154 cm³/mol. The van der Waals surface area contributed by atoms with Gasteiger partial charge in [0.25, 0.3) is 7.37 Å². The van der Waals surface area contributed by atoms with Gasteiger partial charge in [0.05, 0.1) is 12.6 Å². The fourth-order valence-electron chi connectivity index (χ4n) is 6.23. The lowest BCUT2D eigenvalue weighted by molar-refractivity contribution is -0.0339. The van der Waals surface area contributed by atoms with Crippen molar-refractivity contribution in [1.29, 1.82) is 0 Å². The van der Waals surface area contributed by atoms with Crippen molar-refractivity contribution in [2.24, 2.45) is 11.8 Å². The van der Waals surface area contributed by atoms with Crippen molar-refractivity contribution in [2.75, 3.05) is 20.2 Å². The first kappa shape index (κ1) is 25.1. The first-order valence-corrected chi connectivity index (χ1v) is 14.9. The van der Waals surface area contributed by atoms with Crippen molar-refractivity contribution < 1.29 is 13.8 Å². The van der Waals surface area contributed by atoms with Crippen molar-refractivity contribution >= 4 is 28.9 Å². The van der Waals surface area contributed by atoms with Crippen molar-refractivity contribution in [1.82, 2.24) is 9.88 Å². The molecule has 3 aromatic carbocycles. The number of ether oxygens (including phenoxy) is 1. The third-order valence-corrected chi connectivity index (χ3v) is 10.7. The zero-order chi connectivity index (χ0) is 26.1. The maximum absolute atomic E-state index is 15.1. The van der Waals surface area contributed by atoms with Crippen LogP contribution in [0.5, 0.6) is 5.75 Å². The molecular weight excluding hydrogens is 491 g/mol. The molecule has 3 aliphatic heterocycles. The summed E-state index contributed by atoms with van der Waals surface area (Å²) in [7, 11) is -1.78. The molecule has 1 aromatic heterocycles. The van der Waals surface area contributed by atoms with Gasteiger partial charge in [-0.05, 0) is 85.3 Å². The van der Waals surface area contributed by atoms with Crippen LogP contribution in [-0.2, 0) is 9.09 Å². The van der Waals surface area contributed by atoms with E-state index in [2.05, 4.69) is 22.5 Å². The van der Waals surface area contributed by atoms with E-state index in [1.54, 1.807) is 7.11 Å². The smallest absolute Gasteiger partial charge is 0.261 e. The molecule has 1 unspecified atom stereocenters. The molecule has 7 rings (SSSR count). The van der Waals surface area contributed by atoms with Gasteiger partial charge in [0.2, 0.25) is 0 Å². The minimum atomic E-state index is -3.45. The molecule has 194 valence electrons. The third-order valence-electron chi connectivity index (χ3n) is 8.25. The van der Waals surface area contributed by atoms with Crippen LogP contribution >= 0.6 is 7.37 Å². The molecular formula is C32H33N2O3P. The number of aromatic nitrogens is 1. The van der Waals surface area contributed by atoms with E-state index >= 15 is 4.57 Å². The Balaban J connectivity index is 1.52. The molecule has 4 heterocycles. The van der Waals surface area contributed by atoms with Gasteiger partial charge in [-0.25, -0.2) is 0 Å². The van der Waals surface area contributed by atoms with Gasteiger partial charge in [-0.15, -0.1) is 6.58 Å². The fraction of sp³-hybridized carbons (Fsp3) is 0.281. The first-order chi connectivity index (χ1) is 18.6. The summed E-state index contributed by atoms with van der Waals surface area (Å²) < 4.78 is 27.8. The Hall–Kier alpha value is -3.24. The standard InChI is InChI=1S/C32H33N2O3P/c1-3-23-22-34-19-17-24(23)20-31(34)32(28-16-18-33-30-15-14-25(36-2)21-29(28)30)37-38(35,26-10-6-4-7-11-26)27-12-8-5-9-13-27/h3-16,18,21,23-24,31-32H,1,17,19-20,22H2,2H3/t23-,24-,31-,32+/m0/s1. The summed E-state index contributed by atoms with van der Waals surface area (Å²) >= 11 is 0.